The lowest BCUT2D eigenvalue weighted by Gasteiger charge is -2.38. The Bertz CT molecular complexity index is 481. The highest BCUT2D eigenvalue weighted by atomic mass is 19.4. The van der Waals surface area contributed by atoms with Crippen LogP contribution >= 0.6 is 0 Å². The van der Waals surface area contributed by atoms with Gasteiger partial charge in [-0.15, -0.1) is 13.2 Å². The van der Waals surface area contributed by atoms with E-state index in [-0.39, 0.29) is 22.6 Å². The number of carbonyl (C=O) groups is 1. The van der Waals surface area contributed by atoms with Crippen LogP contribution in [0.1, 0.15) is 17.3 Å². The number of carbonyl (C=O) groups excluding carboxylic acids is 1. The summed E-state index contributed by atoms with van der Waals surface area (Å²) in [5, 5.41) is 2.73. The summed E-state index contributed by atoms with van der Waals surface area (Å²) < 4.78 is 44.7. The maximum absolute atomic E-state index is 12.0. The molecule has 0 saturated carbocycles. The minimum absolute atomic E-state index is 0.0605. The first-order valence-electron chi connectivity index (χ1n) is 5.99. The maximum atomic E-state index is 12.0. The third kappa shape index (κ3) is 3.86. The van der Waals surface area contributed by atoms with E-state index in [9.17, 15) is 18.0 Å². The third-order valence-electron chi connectivity index (χ3n) is 2.93. The number of nitrogens with one attached hydrogen (secondary N) is 1. The Morgan fingerprint density at radius 1 is 1.35 bits per heavy atom. The minimum Gasteiger partial charge on any atom is -0.406 e. The second kappa shape index (κ2) is 5.32. The quantitative estimate of drug-likeness (QED) is 0.925. The Morgan fingerprint density at radius 3 is 2.40 bits per heavy atom. The van der Waals surface area contributed by atoms with Crippen LogP contribution in [0.15, 0.2) is 24.3 Å². The van der Waals surface area contributed by atoms with E-state index in [0.29, 0.717) is 19.8 Å². The highest BCUT2D eigenvalue weighted by molar-refractivity contribution is 5.94. The maximum Gasteiger partial charge on any atom is 0.573 e. The van der Waals surface area contributed by atoms with Crippen molar-refractivity contribution >= 4 is 5.91 Å². The minimum atomic E-state index is -4.73. The first-order valence-corrected chi connectivity index (χ1v) is 5.99. The molecule has 1 aliphatic heterocycles. The molecule has 110 valence electrons. The van der Waals surface area contributed by atoms with E-state index < -0.39 is 6.36 Å². The van der Waals surface area contributed by atoms with E-state index in [1.54, 1.807) is 0 Å². The van der Waals surface area contributed by atoms with Gasteiger partial charge in [0.15, 0.2) is 0 Å². The second-order valence-corrected chi connectivity index (χ2v) is 5.06. The lowest BCUT2D eigenvalue weighted by Crippen LogP contribution is -2.48. The van der Waals surface area contributed by atoms with Gasteiger partial charge >= 0.3 is 6.36 Å². The third-order valence-corrected chi connectivity index (χ3v) is 2.93. The zero-order valence-corrected chi connectivity index (χ0v) is 10.8. The molecule has 2 rings (SSSR count). The van der Waals surface area contributed by atoms with E-state index >= 15 is 0 Å². The van der Waals surface area contributed by atoms with Crippen LogP contribution in [0.25, 0.3) is 0 Å². The van der Waals surface area contributed by atoms with Crippen LogP contribution in [0.5, 0.6) is 5.75 Å². The van der Waals surface area contributed by atoms with Crippen LogP contribution in [-0.2, 0) is 4.74 Å². The van der Waals surface area contributed by atoms with Gasteiger partial charge in [0.2, 0.25) is 0 Å². The second-order valence-electron chi connectivity index (χ2n) is 5.06. The van der Waals surface area contributed by atoms with Gasteiger partial charge in [-0.3, -0.25) is 4.79 Å². The first-order chi connectivity index (χ1) is 9.27. The van der Waals surface area contributed by atoms with Gasteiger partial charge in [0, 0.05) is 17.5 Å². The average molecular weight is 289 g/mol. The molecule has 1 aromatic rings. The van der Waals surface area contributed by atoms with Gasteiger partial charge in [0.25, 0.3) is 5.91 Å². The first kappa shape index (κ1) is 14.6. The van der Waals surface area contributed by atoms with Crippen molar-refractivity contribution < 1.29 is 27.4 Å². The molecule has 20 heavy (non-hydrogen) atoms. The van der Waals surface area contributed by atoms with Gasteiger partial charge in [0.05, 0.1) is 13.2 Å². The van der Waals surface area contributed by atoms with Crippen LogP contribution in [-0.4, -0.2) is 32.0 Å². The molecule has 1 N–H and O–H groups in total. The molecule has 1 heterocycles. The molecule has 0 aliphatic carbocycles. The number of rotatable bonds is 4. The van der Waals surface area contributed by atoms with Crippen LogP contribution in [0.2, 0.25) is 0 Å². The number of ether oxygens (including phenoxy) is 2. The Kier molecular flexibility index (Phi) is 3.89. The fourth-order valence-corrected chi connectivity index (χ4v) is 1.76. The smallest absolute Gasteiger partial charge is 0.406 e. The van der Waals surface area contributed by atoms with Crippen molar-refractivity contribution in [3.05, 3.63) is 29.8 Å². The van der Waals surface area contributed by atoms with E-state index in [1.165, 1.54) is 12.1 Å². The summed E-state index contributed by atoms with van der Waals surface area (Å²) >= 11 is 0. The Hall–Kier alpha value is -1.76. The number of alkyl halides is 3. The van der Waals surface area contributed by atoms with Crippen molar-refractivity contribution in [1.82, 2.24) is 5.32 Å². The molecule has 1 aromatic carbocycles. The van der Waals surface area contributed by atoms with Crippen LogP contribution in [0, 0.1) is 5.41 Å². The monoisotopic (exact) mass is 289 g/mol. The van der Waals surface area contributed by atoms with E-state index in [1.807, 2.05) is 6.92 Å². The number of halogens is 3. The van der Waals surface area contributed by atoms with Crippen molar-refractivity contribution in [3.63, 3.8) is 0 Å². The topological polar surface area (TPSA) is 47.6 Å². The summed E-state index contributed by atoms with van der Waals surface area (Å²) in [4.78, 5) is 11.8. The standard InChI is InChI=1S/C13H14F3NO3/c1-12(7-19-8-12)6-17-11(18)9-2-4-10(5-3-9)20-13(14,15)16/h2-5H,6-8H2,1H3,(H,17,18). The predicted octanol–water partition coefficient (Wildman–Crippen LogP) is 2.35. The molecule has 7 heteroatoms. The molecule has 0 bridgehead atoms. The molecule has 0 atom stereocenters. The van der Waals surface area contributed by atoms with E-state index in [4.69, 9.17) is 4.74 Å². The van der Waals surface area contributed by atoms with Crippen molar-refractivity contribution in [3.8, 4) is 5.75 Å². The van der Waals surface area contributed by atoms with Crippen molar-refractivity contribution in [2.45, 2.75) is 13.3 Å². The predicted molar refractivity (Wildman–Crippen MR) is 64.4 cm³/mol. The van der Waals surface area contributed by atoms with E-state index in [2.05, 4.69) is 10.1 Å². The number of hydrogen-bond acceptors (Lipinski definition) is 3. The lowest BCUT2D eigenvalue weighted by molar-refractivity contribution is -0.274. The van der Waals surface area contributed by atoms with Crippen LogP contribution < -0.4 is 10.1 Å². The molecule has 1 amide bonds. The summed E-state index contributed by atoms with van der Waals surface area (Å²) in [5.74, 6) is -0.690. The lowest BCUT2D eigenvalue weighted by atomic mass is 9.88. The fourth-order valence-electron chi connectivity index (χ4n) is 1.76. The Morgan fingerprint density at radius 2 is 1.95 bits per heavy atom. The van der Waals surface area contributed by atoms with Gasteiger partial charge in [-0.05, 0) is 24.3 Å². The summed E-state index contributed by atoms with van der Waals surface area (Å²) in [7, 11) is 0. The number of hydrogen-bond donors (Lipinski definition) is 1. The molecular formula is C13H14F3NO3. The molecule has 0 aromatic heterocycles. The molecule has 1 fully saturated rings. The molecule has 1 aliphatic rings. The summed E-state index contributed by atoms with van der Waals surface area (Å²) in [6, 6.07) is 4.79. The fraction of sp³-hybridized carbons (Fsp3) is 0.462. The van der Waals surface area contributed by atoms with Gasteiger partial charge in [-0.1, -0.05) is 6.92 Å². The molecule has 0 unspecified atom stereocenters. The summed E-state index contributed by atoms with van der Waals surface area (Å²) in [5.41, 5.74) is 0.220. The molecule has 4 nitrogen and oxygen atoms in total. The average Bonchev–Trinajstić information content (AvgIpc) is 2.32. The molecule has 0 spiro atoms. The van der Waals surface area contributed by atoms with Crippen molar-refractivity contribution in [2.75, 3.05) is 19.8 Å². The van der Waals surface area contributed by atoms with Gasteiger partial charge in [0.1, 0.15) is 5.75 Å². The Labute approximate surface area is 113 Å². The van der Waals surface area contributed by atoms with Crippen LogP contribution in [0.3, 0.4) is 0 Å². The van der Waals surface area contributed by atoms with Gasteiger partial charge < -0.3 is 14.8 Å². The SMILES string of the molecule is CC1(CNC(=O)c2ccc(OC(F)(F)F)cc2)COC1. The van der Waals surface area contributed by atoms with Gasteiger partial charge in [-0.25, -0.2) is 0 Å². The zero-order valence-electron chi connectivity index (χ0n) is 10.8. The molecule has 1 saturated heterocycles. The van der Waals surface area contributed by atoms with Crippen molar-refractivity contribution in [1.29, 1.82) is 0 Å². The normalized spacial score (nSPS) is 17.2. The number of benzene rings is 1. The molecule has 0 radical (unpaired) electrons. The Balaban J connectivity index is 1.90. The van der Waals surface area contributed by atoms with E-state index in [0.717, 1.165) is 12.1 Å². The van der Waals surface area contributed by atoms with Crippen LogP contribution in [0.4, 0.5) is 13.2 Å². The summed E-state index contributed by atoms with van der Waals surface area (Å²) in [6.45, 7) is 3.63. The largest absolute Gasteiger partial charge is 0.573 e. The molecular weight excluding hydrogens is 275 g/mol. The zero-order chi connectivity index (χ0) is 14.8. The van der Waals surface area contributed by atoms with Crippen molar-refractivity contribution in [2.24, 2.45) is 5.41 Å². The summed E-state index contributed by atoms with van der Waals surface area (Å²) in [6.07, 6.45) is -4.73. The highest BCUT2D eigenvalue weighted by Gasteiger charge is 2.33. The number of amides is 1. The van der Waals surface area contributed by atoms with Gasteiger partial charge in [-0.2, -0.15) is 0 Å². The highest BCUT2D eigenvalue weighted by Crippen LogP contribution is 2.25.